The van der Waals surface area contributed by atoms with Crippen molar-refractivity contribution in [3.8, 4) is 5.69 Å². The molecule has 0 saturated heterocycles. The fraction of sp³-hybridized carbons (Fsp3) is 0.125. The molecule has 3 nitrogen and oxygen atoms in total. The average Bonchev–Trinajstić information content (AvgIpc) is 3.01. The monoisotopic (exact) mass is 348 g/mol. The molecule has 0 fully saturated rings. The van der Waals surface area contributed by atoms with Crippen molar-refractivity contribution in [1.82, 2.24) is 9.55 Å². The molecule has 0 atom stereocenters. The smallest absolute Gasteiger partial charge is 0.261 e. The van der Waals surface area contributed by atoms with Gasteiger partial charge >= 0.3 is 0 Å². The highest BCUT2D eigenvalue weighted by atomic mass is 35.5. The van der Waals surface area contributed by atoms with Crippen LogP contribution in [0.4, 0.5) is 0 Å². The van der Waals surface area contributed by atoms with Crippen molar-refractivity contribution in [3.05, 3.63) is 62.5 Å². The lowest BCUT2D eigenvalue weighted by atomic mass is 10.1. The van der Waals surface area contributed by atoms with Crippen molar-refractivity contribution in [3.63, 3.8) is 0 Å². The number of fused-ring (bicyclic) bond motifs is 3. The Kier molecular flexibility index (Phi) is 3.40. The highest BCUT2D eigenvalue weighted by molar-refractivity contribution is 7.99. The van der Waals surface area contributed by atoms with Gasteiger partial charge in [-0.3, -0.25) is 9.36 Å². The summed E-state index contributed by atoms with van der Waals surface area (Å²) in [7, 11) is 0. The molecule has 3 aromatic rings. The summed E-state index contributed by atoms with van der Waals surface area (Å²) in [5.41, 5.74) is 2.17. The zero-order valence-electron chi connectivity index (χ0n) is 11.3. The van der Waals surface area contributed by atoms with Gasteiger partial charge in [0.05, 0.1) is 15.7 Å². The predicted octanol–water partition coefficient (Wildman–Crippen LogP) is 4.34. The van der Waals surface area contributed by atoms with Gasteiger partial charge in [0, 0.05) is 27.8 Å². The Morgan fingerprint density at radius 2 is 2.05 bits per heavy atom. The minimum absolute atomic E-state index is 0.0235. The summed E-state index contributed by atoms with van der Waals surface area (Å²) in [6, 6.07) is 9.09. The summed E-state index contributed by atoms with van der Waals surface area (Å²) in [6.07, 6.45) is 2.48. The third kappa shape index (κ3) is 2.06. The number of thioether (sulfide) groups is 1. The van der Waals surface area contributed by atoms with Crippen LogP contribution in [0.5, 0.6) is 0 Å². The Bertz CT molecular complexity index is 968. The van der Waals surface area contributed by atoms with E-state index in [1.54, 1.807) is 40.7 Å². The van der Waals surface area contributed by atoms with Gasteiger partial charge in [-0.1, -0.05) is 23.2 Å². The van der Waals surface area contributed by atoms with Gasteiger partial charge in [0.1, 0.15) is 5.65 Å². The topological polar surface area (TPSA) is 34.9 Å². The van der Waals surface area contributed by atoms with Crippen molar-refractivity contribution in [2.75, 3.05) is 5.75 Å². The van der Waals surface area contributed by atoms with E-state index in [1.165, 1.54) is 0 Å². The van der Waals surface area contributed by atoms with Crippen molar-refractivity contribution in [1.29, 1.82) is 0 Å². The van der Waals surface area contributed by atoms with E-state index in [2.05, 4.69) is 4.98 Å². The zero-order valence-corrected chi connectivity index (χ0v) is 13.7. The number of nitrogens with zero attached hydrogens (tertiary/aromatic N) is 2. The quantitative estimate of drug-likeness (QED) is 0.656. The van der Waals surface area contributed by atoms with Gasteiger partial charge in [-0.2, -0.15) is 0 Å². The summed E-state index contributed by atoms with van der Waals surface area (Å²) in [4.78, 5) is 18.4. The van der Waals surface area contributed by atoms with Crippen LogP contribution in [0.15, 0.2) is 46.2 Å². The number of rotatable bonds is 1. The summed E-state index contributed by atoms with van der Waals surface area (Å²) in [5, 5.41) is 1.89. The molecule has 1 aliphatic rings. The SMILES string of the molecule is O=c1c2c(c3cccnc3n1-c1ccc(Cl)c(Cl)c1)SCC2. The Labute approximate surface area is 140 Å². The van der Waals surface area contributed by atoms with E-state index < -0.39 is 0 Å². The Morgan fingerprint density at radius 1 is 1.18 bits per heavy atom. The van der Waals surface area contributed by atoms with Gasteiger partial charge in [0.15, 0.2) is 0 Å². The molecule has 0 spiro atoms. The predicted molar refractivity (Wildman–Crippen MR) is 91.8 cm³/mol. The maximum absolute atomic E-state index is 12.9. The number of aromatic nitrogens is 2. The molecule has 0 aliphatic carbocycles. The van der Waals surface area contributed by atoms with Crippen LogP contribution in [0.25, 0.3) is 16.7 Å². The molecule has 3 heterocycles. The average molecular weight is 349 g/mol. The first-order chi connectivity index (χ1) is 10.7. The lowest BCUT2D eigenvalue weighted by molar-refractivity contribution is 0.953. The molecule has 1 aromatic carbocycles. The summed E-state index contributed by atoms with van der Waals surface area (Å²) >= 11 is 13.8. The first-order valence-corrected chi connectivity index (χ1v) is 8.52. The fourth-order valence-corrected chi connectivity index (χ4v) is 4.23. The highest BCUT2D eigenvalue weighted by Crippen LogP contribution is 2.35. The third-order valence-corrected chi connectivity index (χ3v) is 5.64. The minimum atomic E-state index is -0.0235. The standard InChI is InChI=1S/C16H10Cl2N2OS/c17-12-4-3-9(8-13(12)18)20-15-10(2-1-6-19-15)14-11(16(20)21)5-7-22-14/h1-4,6,8H,5,7H2. The number of hydrogen-bond donors (Lipinski definition) is 0. The molecule has 0 bridgehead atoms. The van der Waals surface area contributed by atoms with Crippen LogP contribution in [0, 0.1) is 0 Å². The molecule has 0 unspecified atom stereocenters. The molecule has 6 heteroatoms. The summed E-state index contributed by atoms with van der Waals surface area (Å²) in [6.45, 7) is 0. The minimum Gasteiger partial charge on any atom is -0.269 e. The molecule has 4 rings (SSSR count). The molecular formula is C16H10Cl2N2OS. The second-order valence-corrected chi connectivity index (χ2v) is 6.94. The first kappa shape index (κ1) is 14.1. The van der Waals surface area contributed by atoms with E-state index in [4.69, 9.17) is 23.2 Å². The van der Waals surface area contributed by atoms with Crippen LogP contribution in [0.2, 0.25) is 10.0 Å². The van der Waals surface area contributed by atoms with Crippen molar-refractivity contribution in [2.45, 2.75) is 11.3 Å². The molecule has 0 saturated carbocycles. The van der Waals surface area contributed by atoms with Crippen LogP contribution in [-0.4, -0.2) is 15.3 Å². The van der Waals surface area contributed by atoms with Gasteiger partial charge in [-0.15, -0.1) is 11.8 Å². The molecule has 1 aliphatic heterocycles. The zero-order chi connectivity index (χ0) is 15.3. The number of halogens is 2. The Morgan fingerprint density at radius 3 is 2.86 bits per heavy atom. The first-order valence-electron chi connectivity index (χ1n) is 6.77. The van der Waals surface area contributed by atoms with E-state index in [0.717, 1.165) is 28.0 Å². The van der Waals surface area contributed by atoms with E-state index >= 15 is 0 Å². The lowest BCUT2D eigenvalue weighted by Crippen LogP contribution is -2.23. The maximum Gasteiger partial charge on any atom is 0.261 e. The van der Waals surface area contributed by atoms with Gasteiger partial charge in [0.2, 0.25) is 0 Å². The van der Waals surface area contributed by atoms with Crippen molar-refractivity contribution >= 4 is 46.0 Å². The lowest BCUT2D eigenvalue weighted by Gasteiger charge is -2.13. The normalized spacial score (nSPS) is 13.5. The molecule has 2 aromatic heterocycles. The van der Waals surface area contributed by atoms with Crippen molar-refractivity contribution in [2.24, 2.45) is 0 Å². The Balaban J connectivity index is 2.14. The molecular weight excluding hydrogens is 339 g/mol. The second kappa shape index (κ2) is 5.30. The van der Waals surface area contributed by atoms with E-state index in [9.17, 15) is 4.79 Å². The summed E-state index contributed by atoms with van der Waals surface area (Å²) < 4.78 is 1.63. The van der Waals surface area contributed by atoms with Gasteiger partial charge < -0.3 is 0 Å². The molecule has 0 amide bonds. The number of benzene rings is 1. The van der Waals surface area contributed by atoms with E-state index in [1.807, 2.05) is 12.1 Å². The molecule has 110 valence electrons. The van der Waals surface area contributed by atoms with E-state index in [-0.39, 0.29) is 5.56 Å². The van der Waals surface area contributed by atoms with Crippen LogP contribution in [0.3, 0.4) is 0 Å². The summed E-state index contributed by atoms with van der Waals surface area (Å²) in [5.74, 6) is 0.931. The van der Waals surface area contributed by atoms with Gasteiger partial charge in [-0.25, -0.2) is 4.98 Å². The van der Waals surface area contributed by atoms with E-state index in [0.29, 0.717) is 21.4 Å². The number of pyridine rings is 2. The van der Waals surface area contributed by atoms with Crippen LogP contribution in [0.1, 0.15) is 5.56 Å². The van der Waals surface area contributed by atoms with Crippen molar-refractivity contribution < 1.29 is 0 Å². The Hall–Kier alpha value is -1.49. The highest BCUT2D eigenvalue weighted by Gasteiger charge is 2.22. The number of hydrogen-bond acceptors (Lipinski definition) is 3. The second-order valence-electron chi connectivity index (χ2n) is 5.02. The van der Waals surface area contributed by atoms with Crippen LogP contribution < -0.4 is 5.56 Å². The van der Waals surface area contributed by atoms with Gasteiger partial charge in [-0.05, 0) is 36.8 Å². The largest absolute Gasteiger partial charge is 0.269 e. The maximum atomic E-state index is 12.9. The fourth-order valence-electron chi connectivity index (χ4n) is 2.75. The molecule has 0 N–H and O–H groups in total. The van der Waals surface area contributed by atoms with Gasteiger partial charge in [0.25, 0.3) is 5.56 Å². The van der Waals surface area contributed by atoms with Crippen LogP contribution in [-0.2, 0) is 6.42 Å². The molecule has 0 radical (unpaired) electrons. The molecule has 22 heavy (non-hydrogen) atoms. The van der Waals surface area contributed by atoms with Crippen LogP contribution >= 0.6 is 35.0 Å². The third-order valence-electron chi connectivity index (χ3n) is 3.74.